The molecule has 2 aromatic heterocycles. The zero-order valence-corrected chi connectivity index (χ0v) is 18.9. The third-order valence-corrected chi connectivity index (χ3v) is 6.72. The van der Waals surface area contributed by atoms with Gasteiger partial charge in [0, 0.05) is 49.9 Å². The number of piperidine rings is 1. The zero-order valence-electron chi connectivity index (χ0n) is 18.9. The number of likely N-dealkylation sites (tertiary alicyclic amines) is 1. The summed E-state index contributed by atoms with van der Waals surface area (Å²) in [6.45, 7) is 5.51. The Labute approximate surface area is 189 Å². The first-order chi connectivity index (χ1) is 15.6. The Bertz CT molecular complexity index is 1110. The minimum Gasteiger partial charge on any atom is -0.297 e. The van der Waals surface area contributed by atoms with Crippen molar-refractivity contribution in [2.75, 3.05) is 18.0 Å². The minimum absolute atomic E-state index is 0.145. The lowest BCUT2D eigenvalue weighted by Gasteiger charge is -2.34. The van der Waals surface area contributed by atoms with Crippen molar-refractivity contribution in [1.82, 2.24) is 24.6 Å². The molecule has 1 atom stereocenters. The van der Waals surface area contributed by atoms with E-state index in [-0.39, 0.29) is 11.8 Å². The average Bonchev–Trinajstić information content (AvgIpc) is 3.21. The Morgan fingerprint density at radius 1 is 1.06 bits per heavy atom. The molecule has 4 heterocycles. The molecule has 2 aliphatic heterocycles. The van der Waals surface area contributed by atoms with Crippen molar-refractivity contribution >= 4 is 11.7 Å². The second-order valence-corrected chi connectivity index (χ2v) is 8.96. The van der Waals surface area contributed by atoms with Crippen LogP contribution in [0.2, 0.25) is 0 Å². The Kier molecular flexibility index (Phi) is 5.74. The molecule has 3 aromatic rings. The summed E-state index contributed by atoms with van der Waals surface area (Å²) in [6, 6.07) is 12.2. The molecule has 7 nitrogen and oxygen atoms in total. The fourth-order valence-corrected chi connectivity index (χ4v) is 4.91. The third kappa shape index (κ3) is 4.17. The molecule has 1 amide bonds. The number of anilines is 1. The molecule has 0 N–H and O–H groups in total. The van der Waals surface area contributed by atoms with Crippen LogP contribution in [0.25, 0.3) is 0 Å². The van der Waals surface area contributed by atoms with Crippen LogP contribution in [0.4, 0.5) is 5.82 Å². The first-order valence-corrected chi connectivity index (χ1v) is 11.5. The van der Waals surface area contributed by atoms with Crippen molar-refractivity contribution in [3.63, 3.8) is 0 Å². The summed E-state index contributed by atoms with van der Waals surface area (Å²) in [5, 5.41) is 4.30. The molecule has 0 bridgehead atoms. The number of hydrogen-bond acceptors (Lipinski definition) is 5. The van der Waals surface area contributed by atoms with Gasteiger partial charge in [-0.2, -0.15) is 5.10 Å². The fraction of sp³-hybridized carbons (Fsp3) is 0.440. The molecule has 32 heavy (non-hydrogen) atoms. The van der Waals surface area contributed by atoms with Crippen molar-refractivity contribution in [3.8, 4) is 0 Å². The summed E-state index contributed by atoms with van der Waals surface area (Å²) in [4.78, 5) is 27.2. The monoisotopic (exact) mass is 430 g/mol. The lowest BCUT2D eigenvalue weighted by atomic mass is 9.95. The molecule has 7 heteroatoms. The van der Waals surface area contributed by atoms with Crippen LogP contribution in [-0.2, 0) is 31.4 Å². The fourth-order valence-electron chi connectivity index (χ4n) is 4.91. The number of fused-ring (bicyclic) bond motifs is 1. The number of aromatic nitrogens is 4. The molecular weight excluding hydrogens is 400 g/mol. The second-order valence-electron chi connectivity index (χ2n) is 8.96. The molecule has 2 aliphatic rings. The Hall–Kier alpha value is -3.06. The number of amides is 1. The molecule has 0 unspecified atom stereocenters. The van der Waals surface area contributed by atoms with Crippen LogP contribution in [0.5, 0.6) is 0 Å². The number of benzene rings is 1. The molecule has 1 saturated heterocycles. The van der Waals surface area contributed by atoms with Crippen LogP contribution >= 0.6 is 0 Å². The molecular formula is C25H30N6O. The van der Waals surface area contributed by atoms with E-state index < -0.39 is 0 Å². The standard InChI is InChI=1S/C25H30N6O/c1-18-22-10-11-23(32)31(15-19-7-4-3-5-8-19)25(22)28-24(27-18)20-9-6-14-30(16-20)17-21-12-13-26-29(21)2/h3-5,7-8,12-13,20H,6,9-11,14-17H2,1-2H3/t20-/m0/s1. The normalized spacial score (nSPS) is 19.2. The maximum absolute atomic E-state index is 12.9. The molecule has 1 aromatic carbocycles. The van der Waals surface area contributed by atoms with Crippen LogP contribution < -0.4 is 4.90 Å². The van der Waals surface area contributed by atoms with Crippen molar-refractivity contribution in [3.05, 3.63) is 70.9 Å². The first kappa shape index (κ1) is 20.8. The summed E-state index contributed by atoms with van der Waals surface area (Å²) in [5.74, 6) is 2.11. The van der Waals surface area contributed by atoms with Crippen LogP contribution in [0.15, 0.2) is 42.6 Å². The van der Waals surface area contributed by atoms with E-state index in [1.165, 1.54) is 5.69 Å². The predicted octanol–water partition coefficient (Wildman–Crippen LogP) is 3.38. The Morgan fingerprint density at radius 3 is 2.69 bits per heavy atom. The molecule has 0 spiro atoms. The molecule has 1 fully saturated rings. The van der Waals surface area contributed by atoms with Crippen molar-refractivity contribution in [1.29, 1.82) is 0 Å². The van der Waals surface area contributed by atoms with E-state index in [2.05, 4.69) is 35.1 Å². The van der Waals surface area contributed by atoms with Gasteiger partial charge < -0.3 is 0 Å². The number of hydrogen-bond donors (Lipinski definition) is 0. The first-order valence-electron chi connectivity index (χ1n) is 11.5. The smallest absolute Gasteiger partial charge is 0.228 e. The summed E-state index contributed by atoms with van der Waals surface area (Å²) in [6.07, 6.45) is 5.29. The van der Waals surface area contributed by atoms with Gasteiger partial charge in [0.15, 0.2) is 0 Å². The highest BCUT2D eigenvalue weighted by atomic mass is 16.2. The molecule has 0 aliphatic carbocycles. The number of aryl methyl sites for hydroxylation is 2. The van der Waals surface area contributed by atoms with E-state index in [9.17, 15) is 4.79 Å². The third-order valence-electron chi connectivity index (χ3n) is 6.72. The summed E-state index contributed by atoms with van der Waals surface area (Å²) in [5.41, 5.74) is 4.46. The SMILES string of the molecule is Cc1nc([C@H]2CCCN(Cc3ccnn3C)C2)nc2c1CCC(=O)N2Cc1ccccc1. The van der Waals surface area contributed by atoms with Gasteiger partial charge in [0.1, 0.15) is 11.6 Å². The number of carbonyl (C=O) groups is 1. The van der Waals surface area contributed by atoms with Crippen LogP contribution in [-0.4, -0.2) is 43.6 Å². The quantitative estimate of drug-likeness (QED) is 0.621. The van der Waals surface area contributed by atoms with Gasteiger partial charge in [-0.1, -0.05) is 30.3 Å². The number of nitrogens with zero attached hydrogens (tertiary/aromatic N) is 6. The van der Waals surface area contributed by atoms with E-state index in [0.717, 1.165) is 67.4 Å². The van der Waals surface area contributed by atoms with E-state index in [1.54, 1.807) is 0 Å². The lowest BCUT2D eigenvalue weighted by Crippen LogP contribution is -2.38. The van der Waals surface area contributed by atoms with Gasteiger partial charge in [-0.25, -0.2) is 9.97 Å². The van der Waals surface area contributed by atoms with Crippen molar-refractivity contribution in [2.24, 2.45) is 7.05 Å². The van der Waals surface area contributed by atoms with Gasteiger partial charge in [0.2, 0.25) is 5.91 Å². The van der Waals surface area contributed by atoms with Gasteiger partial charge in [0.25, 0.3) is 0 Å². The van der Waals surface area contributed by atoms with E-state index >= 15 is 0 Å². The van der Waals surface area contributed by atoms with Crippen molar-refractivity contribution < 1.29 is 4.79 Å². The highest BCUT2D eigenvalue weighted by molar-refractivity contribution is 5.95. The van der Waals surface area contributed by atoms with Crippen LogP contribution in [0.1, 0.15) is 53.5 Å². The van der Waals surface area contributed by atoms with E-state index in [0.29, 0.717) is 13.0 Å². The topological polar surface area (TPSA) is 67.2 Å². The highest BCUT2D eigenvalue weighted by Gasteiger charge is 2.31. The van der Waals surface area contributed by atoms with Crippen molar-refractivity contribution in [2.45, 2.75) is 51.6 Å². The van der Waals surface area contributed by atoms with Gasteiger partial charge >= 0.3 is 0 Å². The predicted molar refractivity (Wildman–Crippen MR) is 123 cm³/mol. The number of carbonyl (C=O) groups excluding carboxylic acids is 1. The van der Waals surface area contributed by atoms with Gasteiger partial charge in [-0.05, 0) is 44.4 Å². The summed E-state index contributed by atoms with van der Waals surface area (Å²) >= 11 is 0. The van der Waals surface area contributed by atoms with Crippen LogP contribution in [0.3, 0.4) is 0 Å². The van der Waals surface area contributed by atoms with E-state index in [4.69, 9.17) is 9.97 Å². The maximum atomic E-state index is 12.9. The minimum atomic E-state index is 0.145. The van der Waals surface area contributed by atoms with E-state index in [1.807, 2.05) is 41.0 Å². The summed E-state index contributed by atoms with van der Waals surface area (Å²) in [7, 11) is 1.99. The second kappa shape index (κ2) is 8.82. The number of rotatable bonds is 5. The maximum Gasteiger partial charge on any atom is 0.228 e. The van der Waals surface area contributed by atoms with Gasteiger partial charge in [0.05, 0.1) is 12.2 Å². The van der Waals surface area contributed by atoms with Gasteiger partial charge in [-0.15, -0.1) is 0 Å². The molecule has 0 radical (unpaired) electrons. The van der Waals surface area contributed by atoms with Crippen LogP contribution in [0, 0.1) is 6.92 Å². The lowest BCUT2D eigenvalue weighted by molar-refractivity contribution is -0.119. The molecule has 0 saturated carbocycles. The largest absolute Gasteiger partial charge is 0.297 e. The Balaban J connectivity index is 1.41. The molecule has 5 rings (SSSR count). The summed E-state index contributed by atoms with van der Waals surface area (Å²) < 4.78 is 1.94. The highest BCUT2D eigenvalue weighted by Crippen LogP contribution is 2.33. The Morgan fingerprint density at radius 2 is 1.91 bits per heavy atom. The van der Waals surface area contributed by atoms with Gasteiger partial charge in [-0.3, -0.25) is 19.3 Å². The average molecular weight is 431 g/mol. The zero-order chi connectivity index (χ0) is 22.1. The molecule has 166 valence electrons.